The number of benzene rings is 1. The van der Waals surface area contributed by atoms with Crippen molar-refractivity contribution in [2.45, 2.75) is 5.16 Å². The highest BCUT2D eigenvalue weighted by molar-refractivity contribution is 7.80. The number of phenols is 1. The molecule has 0 fully saturated rings. The third kappa shape index (κ3) is 2.51. The van der Waals surface area contributed by atoms with E-state index in [1.165, 1.54) is 12.3 Å². The van der Waals surface area contributed by atoms with Gasteiger partial charge in [0, 0.05) is 11.8 Å². The summed E-state index contributed by atoms with van der Waals surface area (Å²) in [6.07, 6.45) is 1.36. The second kappa shape index (κ2) is 4.92. The number of hydrogen-bond donors (Lipinski definition) is 4. The topological polar surface area (TPSA) is 105 Å². The van der Waals surface area contributed by atoms with Crippen LogP contribution in [0.15, 0.2) is 34.4 Å². The molecular formula is C11H10N4O2S. The van der Waals surface area contributed by atoms with Crippen LogP contribution >= 0.6 is 12.6 Å². The summed E-state index contributed by atoms with van der Waals surface area (Å²) >= 11 is 3.87. The molecule has 0 bridgehead atoms. The van der Waals surface area contributed by atoms with Gasteiger partial charge in [-0.05, 0) is 12.1 Å². The fraction of sp³-hybridized carbons (Fsp3) is 0. The minimum Gasteiger partial charge on any atom is -0.507 e. The van der Waals surface area contributed by atoms with Crippen molar-refractivity contribution < 1.29 is 10.2 Å². The summed E-state index contributed by atoms with van der Waals surface area (Å²) in [6.45, 7) is 0. The van der Waals surface area contributed by atoms with Gasteiger partial charge in [0.2, 0.25) is 5.88 Å². The maximum atomic E-state index is 9.56. The van der Waals surface area contributed by atoms with Crippen LogP contribution < -0.4 is 5.73 Å². The molecule has 0 aliphatic carbocycles. The van der Waals surface area contributed by atoms with E-state index in [4.69, 9.17) is 5.73 Å². The highest BCUT2D eigenvalue weighted by Crippen LogP contribution is 2.30. The Labute approximate surface area is 108 Å². The van der Waals surface area contributed by atoms with Crippen LogP contribution in [0.5, 0.6) is 11.6 Å². The molecule has 0 atom stereocenters. The van der Waals surface area contributed by atoms with E-state index in [0.29, 0.717) is 5.56 Å². The van der Waals surface area contributed by atoms with Crippen LogP contribution in [0.25, 0.3) is 0 Å². The highest BCUT2D eigenvalue weighted by atomic mass is 32.1. The number of aromatic hydroxyl groups is 2. The van der Waals surface area contributed by atoms with Gasteiger partial charge in [-0.15, -0.1) is 12.6 Å². The van der Waals surface area contributed by atoms with E-state index >= 15 is 0 Å². The summed E-state index contributed by atoms with van der Waals surface area (Å²) in [4.78, 5) is 11.3. The maximum Gasteiger partial charge on any atom is 0.243 e. The predicted octanol–water partition coefficient (Wildman–Crippen LogP) is 1.51. The summed E-state index contributed by atoms with van der Waals surface area (Å²) in [7, 11) is 0. The van der Waals surface area contributed by atoms with Gasteiger partial charge in [0.15, 0.2) is 16.7 Å². The van der Waals surface area contributed by atoms with Crippen molar-refractivity contribution in [2.75, 3.05) is 5.73 Å². The Kier molecular flexibility index (Phi) is 3.33. The van der Waals surface area contributed by atoms with Gasteiger partial charge in [-0.2, -0.15) is 4.98 Å². The van der Waals surface area contributed by atoms with Gasteiger partial charge in [0.1, 0.15) is 5.75 Å². The molecule has 0 radical (unpaired) electrons. The van der Waals surface area contributed by atoms with Crippen LogP contribution in [0.2, 0.25) is 0 Å². The van der Waals surface area contributed by atoms with Gasteiger partial charge in [-0.25, -0.2) is 9.98 Å². The first-order chi connectivity index (χ1) is 8.58. The summed E-state index contributed by atoms with van der Waals surface area (Å²) in [5, 5.41) is 19.2. The SMILES string of the molecule is Nc1nc(S)nc(O)c1/N=C/c1ccccc1O. The van der Waals surface area contributed by atoms with Crippen LogP contribution in [0, 0.1) is 0 Å². The van der Waals surface area contributed by atoms with E-state index in [-0.39, 0.29) is 28.3 Å². The smallest absolute Gasteiger partial charge is 0.243 e. The number of nitrogens with zero attached hydrogens (tertiary/aromatic N) is 3. The van der Waals surface area contributed by atoms with E-state index in [9.17, 15) is 10.2 Å². The average molecular weight is 262 g/mol. The van der Waals surface area contributed by atoms with E-state index in [0.717, 1.165) is 0 Å². The number of anilines is 1. The zero-order chi connectivity index (χ0) is 13.1. The Hall–Kier alpha value is -2.28. The molecule has 0 saturated heterocycles. The van der Waals surface area contributed by atoms with E-state index in [2.05, 4.69) is 27.6 Å². The fourth-order valence-corrected chi connectivity index (χ4v) is 1.51. The standard InChI is InChI=1S/C11H10N4O2S/c12-9-8(10(17)15-11(18)14-9)13-5-6-3-1-2-4-7(6)16/h1-5,16H,(H4,12,14,15,17,18)/b13-5+. The number of para-hydroxylation sites is 1. The van der Waals surface area contributed by atoms with Crippen molar-refractivity contribution in [3.05, 3.63) is 29.8 Å². The molecule has 0 spiro atoms. The van der Waals surface area contributed by atoms with Crippen molar-refractivity contribution in [3.8, 4) is 11.6 Å². The molecule has 0 unspecified atom stereocenters. The zero-order valence-electron chi connectivity index (χ0n) is 9.15. The fourth-order valence-electron chi connectivity index (χ4n) is 1.30. The van der Waals surface area contributed by atoms with Crippen LogP contribution in [-0.4, -0.2) is 26.4 Å². The van der Waals surface area contributed by atoms with E-state index in [1.807, 2.05) is 0 Å². The number of aliphatic imine (C=N–C) groups is 1. The molecule has 7 heteroatoms. The van der Waals surface area contributed by atoms with E-state index < -0.39 is 0 Å². The normalized spacial score (nSPS) is 10.9. The minimum absolute atomic E-state index is 0.0131. The van der Waals surface area contributed by atoms with Crippen LogP contribution in [0.4, 0.5) is 11.5 Å². The number of nitrogen functional groups attached to an aromatic ring is 1. The lowest BCUT2D eigenvalue weighted by Crippen LogP contribution is -1.94. The predicted molar refractivity (Wildman–Crippen MR) is 70.7 cm³/mol. The van der Waals surface area contributed by atoms with Crippen molar-refractivity contribution in [2.24, 2.45) is 4.99 Å². The van der Waals surface area contributed by atoms with Gasteiger partial charge in [-0.1, -0.05) is 12.1 Å². The molecule has 92 valence electrons. The molecule has 1 aromatic heterocycles. The van der Waals surface area contributed by atoms with Gasteiger partial charge in [0.05, 0.1) is 0 Å². The number of thiol groups is 1. The van der Waals surface area contributed by atoms with Gasteiger partial charge in [-0.3, -0.25) is 0 Å². The number of hydrogen-bond acceptors (Lipinski definition) is 7. The molecule has 0 amide bonds. The second-order valence-corrected chi connectivity index (χ2v) is 3.80. The Morgan fingerprint density at radius 1 is 1.22 bits per heavy atom. The summed E-state index contributed by atoms with van der Waals surface area (Å²) in [5.41, 5.74) is 6.12. The number of aromatic nitrogens is 2. The second-order valence-electron chi connectivity index (χ2n) is 3.40. The Balaban J connectivity index is 2.38. The Morgan fingerprint density at radius 2 is 1.94 bits per heavy atom. The van der Waals surface area contributed by atoms with Crippen molar-refractivity contribution in [3.63, 3.8) is 0 Å². The molecule has 0 saturated carbocycles. The first kappa shape index (κ1) is 12.2. The van der Waals surface area contributed by atoms with Crippen molar-refractivity contribution in [1.29, 1.82) is 0 Å². The third-order valence-electron chi connectivity index (χ3n) is 2.15. The zero-order valence-corrected chi connectivity index (χ0v) is 10.0. The highest BCUT2D eigenvalue weighted by Gasteiger charge is 2.08. The number of nitrogens with two attached hydrogens (primary N) is 1. The molecule has 0 aliphatic heterocycles. The Morgan fingerprint density at radius 3 is 2.61 bits per heavy atom. The van der Waals surface area contributed by atoms with Gasteiger partial charge in [0.25, 0.3) is 0 Å². The van der Waals surface area contributed by atoms with Crippen LogP contribution in [0.1, 0.15) is 5.56 Å². The molecule has 0 aliphatic rings. The number of phenolic OH excluding ortho intramolecular Hbond substituents is 1. The molecule has 1 aromatic carbocycles. The average Bonchev–Trinajstić information content (AvgIpc) is 2.30. The maximum absolute atomic E-state index is 9.56. The molecule has 6 nitrogen and oxygen atoms in total. The first-order valence-corrected chi connectivity index (χ1v) is 5.40. The molecule has 2 aromatic rings. The number of rotatable bonds is 2. The third-order valence-corrected chi connectivity index (χ3v) is 2.35. The lowest BCUT2D eigenvalue weighted by molar-refractivity contribution is 0.448. The largest absolute Gasteiger partial charge is 0.507 e. The summed E-state index contributed by atoms with van der Waals surface area (Å²) in [6, 6.07) is 6.63. The lowest BCUT2D eigenvalue weighted by Gasteiger charge is -2.02. The Bertz CT molecular complexity index is 593. The van der Waals surface area contributed by atoms with Crippen LogP contribution in [0.3, 0.4) is 0 Å². The summed E-state index contributed by atoms with van der Waals surface area (Å²) < 4.78 is 0. The molecule has 1 heterocycles. The van der Waals surface area contributed by atoms with Crippen LogP contribution in [-0.2, 0) is 0 Å². The quantitative estimate of drug-likeness (QED) is 0.373. The molecule has 2 rings (SSSR count). The molecule has 18 heavy (non-hydrogen) atoms. The van der Waals surface area contributed by atoms with Gasteiger partial charge >= 0.3 is 0 Å². The van der Waals surface area contributed by atoms with Gasteiger partial charge < -0.3 is 15.9 Å². The van der Waals surface area contributed by atoms with Crippen molar-refractivity contribution in [1.82, 2.24) is 9.97 Å². The van der Waals surface area contributed by atoms with E-state index in [1.54, 1.807) is 18.2 Å². The lowest BCUT2D eigenvalue weighted by atomic mass is 10.2. The minimum atomic E-state index is -0.362. The van der Waals surface area contributed by atoms with Crippen molar-refractivity contribution >= 4 is 30.3 Å². The summed E-state index contributed by atoms with van der Waals surface area (Å²) in [5.74, 6) is -0.274. The molecular weight excluding hydrogens is 252 g/mol. The first-order valence-electron chi connectivity index (χ1n) is 4.95. The molecule has 4 N–H and O–H groups in total. The monoisotopic (exact) mass is 262 g/mol.